The van der Waals surface area contributed by atoms with E-state index in [2.05, 4.69) is 9.97 Å². The molecule has 0 fully saturated rings. The molecule has 1 aromatic heterocycles. The Bertz CT molecular complexity index is 191. The Balaban J connectivity index is 2.85. The molecule has 1 atom stereocenters. The highest BCUT2D eigenvalue weighted by Crippen LogP contribution is 2.20. The number of rotatable bonds is 2. The topological polar surface area (TPSA) is 48.9 Å². The van der Waals surface area contributed by atoms with Gasteiger partial charge in [0.2, 0.25) is 0 Å². The van der Waals surface area contributed by atoms with Crippen molar-refractivity contribution in [2.45, 2.75) is 25.9 Å². The molecule has 1 heterocycles. The molecular weight excluding hydrogens is 128 g/mol. The second kappa shape index (κ2) is 2.42. The lowest BCUT2D eigenvalue weighted by Gasteiger charge is -2.18. The summed E-state index contributed by atoms with van der Waals surface area (Å²) in [5.74, 6) is 0. The lowest BCUT2D eigenvalue weighted by molar-refractivity contribution is 0.0490. The van der Waals surface area contributed by atoms with Gasteiger partial charge in [-0.05, 0) is 13.3 Å². The number of aliphatic hydroxyl groups is 1. The standard InChI is InChI=1S/C7H12N2O/c1-3-7(2,10)6-4-8-5-9-6/h4-5,10H,3H2,1-2H3,(H,8,9). The average Bonchev–Trinajstić information content (AvgIpc) is 2.38. The van der Waals surface area contributed by atoms with Crippen LogP contribution < -0.4 is 0 Å². The fraction of sp³-hybridized carbons (Fsp3) is 0.571. The van der Waals surface area contributed by atoms with E-state index in [1.54, 1.807) is 19.4 Å². The van der Waals surface area contributed by atoms with E-state index in [-0.39, 0.29) is 0 Å². The Morgan fingerprint density at radius 2 is 2.50 bits per heavy atom. The van der Waals surface area contributed by atoms with Crippen molar-refractivity contribution in [3.05, 3.63) is 18.2 Å². The molecule has 1 rings (SSSR count). The van der Waals surface area contributed by atoms with Crippen molar-refractivity contribution < 1.29 is 5.11 Å². The summed E-state index contributed by atoms with van der Waals surface area (Å²) in [7, 11) is 0. The van der Waals surface area contributed by atoms with E-state index in [1.165, 1.54) is 0 Å². The third-order valence-electron chi connectivity index (χ3n) is 1.77. The zero-order valence-electron chi connectivity index (χ0n) is 6.26. The predicted octanol–water partition coefficient (Wildman–Crippen LogP) is 1.03. The summed E-state index contributed by atoms with van der Waals surface area (Å²) in [5, 5.41) is 9.61. The summed E-state index contributed by atoms with van der Waals surface area (Å²) in [4.78, 5) is 6.69. The maximum absolute atomic E-state index is 9.61. The van der Waals surface area contributed by atoms with Gasteiger partial charge in [-0.25, -0.2) is 4.98 Å². The molecule has 0 saturated heterocycles. The summed E-state index contributed by atoms with van der Waals surface area (Å²) < 4.78 is 0. The van der Waals surface area contributed by atoms with Crippen molar-refractivity contribution in [2.24, 2.45) is 0 Å². The molecule has 56 valence electrons. The Morgan fingerprint density at radius 3 is 2.90 bits per heavy atom. The van der Waals surface area contributed by atoms with E-state index in [0.717, 1.165) is 5.69 Å². The lowest BCUT2D eigenvalue weighted by atomic mass is 10.0. The first-order chi connectivity index (χ1) is 4.67. The van der Waals surface area contributed by atoms with Crippen LogP contribution in [-0.2, 0) is 5.60 Å². The van der Waals surface area contributed by atoms with Crippen molar-refractivity contribution >= 4 is 0 Å². The van der Waals surface area contributed by atoms with Crippen LogP contribution in [0.2, 0.25) is 0 Å². The van der Waals surface area contributed by atoms with Crippen molar-refractivity contribution in [1.82, 2.24) is 9.97 Å². The smallest absolute Gasteiger partial charge is 0.103 e. The van der Waals surface area contributed by atoms with E-state index < -0.39 is 5.60 Å². The Morgan fingerprint density at radius 1 is 1.80 bits per heavy atom. The van der Waals surface area contributed by atoms with Crippen LogP contribution in [-0.4, -0.2) is 15.1 Å². The molecule has 0 amide bonds. The SMILES string of the molecule is CCC(C)(O)c1cnc[nH]1. The fourth-order valence-electron chi connectivity index (χ4n) is 0.741. The van der Waals surface area contributed by atoms with Gasteiger partial charge in [0, 0.05) is 0 Å². The molecule has 0 radical (unpaired) electrons. The first-order valence-corrected chi connectivity index (χ1v) is 3.38. The first kappa shape index (κ1) is 7.28. The average molecular weight is 140 g/mol. The van der Waals surface area contributed by atoms with Gasteiger partial charge in [0.1, 0.15) is 5.60 Å². The number of aromatic nitrogens is 2. The fourth-order valence-corrected chi connectivity index (χ4v) is 0.741. The van der Waals surface area contributed by atoms with Gasteiger partial charge in [-0.1, -0.05) is 6.92 Å². The molecule has 3 nitrogen and oxygen atoms in total. The van der Waals surface area contributed by atoms with Gasteiger partial charge >= 0.3 is 0 Å². The molecule has 0 spiro atoms. The number of H-pyrrole nitrogens is 1. The monoisotopic (exact) mass is 140 g/mol. The third-order valence-corrected chi connectivity index (χ3v) is 1.77. The largest absolute Gasteiger partial charge is 0.384 e. The summed E-state index contributed by atoms with van der Waals surface area (Å²) in [5.41, 5.74) is 0.0197. The van der Waals surface area contributed by atoms with Crippen molar-refractivity contribution in [3.8, 4) is 0 Å². The van der Waals surface area contributed by atoms with Gasteiger partial charge < -0.3 is 10.1 Å². The van der Waals surface area contributed by atoms with Crippen LogP contribution in [0.25, 0.3) is 0 Å². The quantitative estimate of drug-likeness (QED) is 0.644. The molecule has 0 saturated carbocycles. The zero-order chi connectivity index (χ0) is 7.61. The maximum Gasteiger partial charge on any atom is 0.103 e. The van der Waals surface area contributed by atoms with Crippen LogP contribution in [0.4, 0.5) is 0 Å². The van der Waals surface area contributed by atoms with Crippen molar-refractivity contribution in [1.29, 1.82) is 0 Å². The predicted molar refractivity (Wildman–Crippen MR) is 38.4 cm³/mol. The third kappa shape index (κ3) is 1.19. The van der Waals surface area contributed by atoms with E-state index in [9.17, 15) is 5.11 Å². The highest BCUT2D eigenvalue weighted by atomic mass is 16.3. The van der Waals surface area contributed by atoms with Crippen LogP contribution in [0.1, 0.15) is 26.0 Å². The summed E-state index contributed by atoms with van der Waals surface area (Å²) in [6.45, 7) is 3.70. The Kier molecular flexibility index (Phi) is 1.76. The van der Waals surface area contributed by atoms with Crippen molar-refractivity contribution in [3.63, 3.8) is 0 Å². The molecule has 0 aliphatic carbocycles. The highest BCUT2D eigenvalue weighted by Gasteiger charge is 2.21. The lowest BCUT2D eigenvalue weighted by Crippen LogP contribution is -2.19. The van der Waals surface area contributed by atoms with Crippen LogP contribution in [0.3, 0.4) is 0 Å². The second-order valence-electron chi connectivity index (χ2n) is 2.59. The van der Waals surface area contributed by atoms with Crippen LogP contribution in [0.15, 0.2) is 12.5 Å². The molecule has 0 aliphatic rings. The second-order valence-corrected chi connectivity index (χ2v) is 2.59. The molecule has 2 N–H and O–H groups in total. The summed E-state index contributed by atoms with van der Waals surface area (Å²) in [6, 6.07) is 0. The van der Waals surface area contributed by atoms with Gasteiger partial charge in [-0.2, -0.15) is 0 Å². The Hall–Kier alpha value is -0.830. The van der Waals surface area contributed by atoms with E-state index in [0.29, 0.717) is 6.42 Å². The molecule has 0 aromatic carbocycles. The molecule has 3 heteroatoms. The molecular formula is C7H12N2O. The molecule has 0 bridgehead atoms. The number of aromatic amines is 1. The number of nitrogens with zero attached hydrogens (tertiary/aromatic N) is 1. The van der Waals surface area contributed by atoms with Gasteiger partial charge in [-0.15, -0.1) is 0 Å². The summed E-state index contributed by atoms with van der Waals surface area (Å²) in [6.07, 6.45) is 3.90. The zero-order valence-corrected chi connectivity index (χ0v) is 6.26. The summed E-state index contributed by atoms with van der Waals surface area (Å²) >= 11 is 0. The minimum absolute atomic E-state index is 0.690. The number of hydrogen-bond donors (Lipinski definition) is 2. The van der Waals surface area contributed by atoms with Gasteiger partial charge in [0.25, 0.3) is 0 Å². The van der Waals surface area contributed by atoms with Gasteiger partial charge in [-0.3, -0.25) is 0 Å². The van der Waals surface area contributed by atoms with E-state index >= 15 is 0 Å². The van der Waals surface area contributed by atoms with Gasteiger partial charge in [0.05, 0.1) is 18.2 Å². The molecule has 1 aromatic rings. The van der Waals surface area contributed by atoms with E-state index in [1.807, 2.05) is 6.92 Å². The van der Waals surface area contributed by atoms with Gasteiger partial charge in [0.15, 0.2) is 0 Å². The first-order valence-electron chi connectivity index (χ1n) is 3.38. The maximum atomic E-state index is 9.61. The van der Waals surface area contributed by atoms with E-state index in [4.69, 9.17) is 0 Å². The number of nitrogens with one attached hydrogen (secondary N) is 1. The molecule has 10 heavy (non-hydrogen) atoms. The van der Waals surface area contributed by atoms with Crippen molar-refractivity contribution in [2.75, 3.05) is 0 Å². The highest BCUT2D eigenvalue weighted by molar-refractivity contribution is 5.05. The van der Waals surface area contributed by atoms with Crippen LogP contribution in [0.5, 0.6) is 0 Å². The van der Waals surface area contributed by atoms with Crippen LogP contribution in [0, 0.1) is 0 Å². The van der Waals surface area contributed by atoms with Crippen LogP contribution >= 0.6 is 0 Å². The molecule has 1 unspecified atom stereocenters. The minimum Gasteiger partial charge on any atom is -0.384 e. The Labute approximate surface area is 60.1 Å². The number of hydrogen-bond acceptors (Lipinski definition) is 2. The minimum atomic E-state index is -0.753. The normalized spacial score (nSPS) is 16.7. The number of imidazole rings is 1. The molecule has 0 aliphatic heterocycles.